The van der Waals surface area contributed by atoms with Gasteiger partial charge in [0, 0.05) is 66.5 Å². The Kier molecular flexibility index (Phi) is 32.7. The molecule has 0 saturated carbocycles. The second-order valence-corrected chi connectivity index (χ2v) is 21.7. The third kappa shape index (κ3) is 25.2. The van der Waals surface area contributed by atoms with Gasteiger partial charge in [0.2, 0.25) is 0 Å². The summed E-state index contributed by atoms with van der Waals surface area (Å²) in [5, 5.41) is 45.5. The Labute approximate surface area is 494 Å². The Morgan fingerprint density at radius 2 is 0.723 bits per heavy atom. The Balaban J connectivity index is 0.640. The molecule has 0 aliphatic heterocycles. The van der Waals surface area contributed by atoms with E-state index in [-0.39, 0.29) is 43.8 Å². The van der Waals surface area contributed by atoms with Crippen molar-refractivity contribution in [1.29, 1.82) is 0 Å². The molecule has 0 saturated heterocycles. The third-order valence-corrected chi connectivity index (χ3v) is 15.1. The third-order valence-electron chi connectivity index (χ3n) is 12.8. The number of hydrogen-bond acceptors (Lipinski definition) is 22. The van der Waals surface area contributed by atoms with Crippen molar-refractivity contribution in [3.8, 4) is 11.5 Å². The van der Waals surface area contributed by atoms with Crippen LogP contribution in [0.4, 0.5) is 0 Å². The maximum absolute atomic E-state index is 13.1. The lowest BCUT2D eigenvalue weighted by atomic mass is 10.2. The van der Waals surface area contributed by atoms with Crippen LogP contribution < -0.4 is 20.3 Å². The predicted octanol–water partition coefficient (Wildman–Crippen LogP) is 5.59. The smallest absolute Gasteiger partial charge is 0.196 e. The van der Waals surface area contributed by atoms with Crippen LogP contribution in [0.25, 0.3) is 40.3 Å². The lowest BCUT2D eigenvalue weighted by Crippen LogP contribution is -2.45. The summed E-state index contributed by atoms with van der Waals surface area (Å²) in [4.78, 5) is 29.9. The van der Waals surface area contributed by atoms with Gasteiger partial charge in [0.25, 0.3) is 0 Å². The summed E-state index contributed by atoms with van der Waals surface area (Å²) < 4.78 is 71.1. The molecular weight excluding hydrogens is 1110 g/mol. The molecule has 0 aliphatic rings. The first-order chi connectivity index (χ1) is 40.6. The molecule has 4 N–H and O–H groups in total. The molecule has 2 aromatic heterocycles. The van der Waals surface area contributed by atoms with E-state index in [1.54, 1.807) is 45.8 Å². The largest absolute Gasteiger partial charge is 0.491 e. The quantitative estimate of drug-likeness (QED) is 0.0207. The van der Waals surface area contributed by atoms with E-state index in [9.17, 15) is 30.0 Å². The molecule has 6 rings (SSSR count). The fourth-order valence-electron chi connectivity index (χ4n) is 8.77. The molecule has 0 bridgehead atoms. The number of fused-ring (bicyclic) bond motifs is 4. The zero-order valence-corrected chi connectivity index (χ0v) is 49.7. The highest BCUT2D eigenvalue weighted by Gasteiger charge is 2.21. The maximum Gasteiger partial charge on any atom is 0.196 e. The number of ether oxygens (including phenoxy) is 12. The van der Waals surface area contributed by atoms with Crippen LogP contribution in [-0.4, -0.2) is 233 Å². The summed E-state index contributed by atoms with van der Waals surface area (Å²) in [5.41, 5.74) is -0.0811. The number of benzene rings is 4. The number of rotatable bonds is 48. The second kappa shape index (κ2) is 40.1. The van der Waals surface area contributed by atoms with Gasteiger partial charge < -0.3 is 77.3 Å². The van der Waals surface area contributed by atoms with Crippen molar-refractivity contribution < 1.29 is 77.3 Å². The van der Waals surface area contributed by atoms with Gasteiger partial charge in [-0.3, -0.25) is 19.4 Å². The summed E-state index contributed by atoms with van der Waals surface area (Å²) in [7, 11) is 0. The van der Waals surface area contributed by atoms with Gasteiger partial charge in [-0.25, -0.2) is 0 Å². The first kappa shape index (κ1) is 67.7. The summed E-state index contributed by atoms with van der Waals surface area (Å²) in [5.74, 6) is 1.02. The van der Waals surface area contributed by atoms with E-state index in [0.29, 0.717) is 178 Å². The standard InChI is InChI=1S/C61H86N2O18S2/c1-3-17-62(40-47(65)43-80-49-13-15-57-53(37-49)60(68)51-9-5-7-11-55(51)82-57)39-46(64)42-78-35-33-76-31-29-74-27-25-72-23-21-70-19-20-71-22-24-73-26-28-75-30-32-77-34-36-79-45-59(67)63(18-4-2)41-48(66)44-81-50-14-16-58-54(38-50)61(69)52-10-6-8-12-56(52)83-58/h5-16,37-38,46-48,59,64-67H,3-4,17-36,39-45H2,1-2H3. The zero-order valence-electron chi connectivity index (χ0n) is 48.1. The van der Waals surface area contributed by atoms with E-state index in [0.717, 1.165) is 31.6 Å². The van der Waals surface area contributed by atoms with Crippen LogP contribution in [0, 0.1) is 0 Å². The van der Waals surface area contributed by atoms with Crippen LogP contribution in [0.1, 0.15) is 26.7 Å². The monoisotopic (exact) mass is 1200 g/mol. The van der Waals surface area contributed by atoms with Crippen LogP contribution in [-0.2, 0) is 47.4 Å². The van der Waals surface area contributed by atoms with Crippen molar-refractivity contribution in [3.63, 3.8) is 0 Å². The molecule has 6 aromatic rings. The minimum absolute atomic E-state index is 0.00280. The van der Waals surface area contributed by atoms with Crippen LogP contribution in [0.15, 0.2) is 94.5 Å². The van der Waals surface area contributed by atoms with Crippen molar-refractivity contribution in [2.75, 3.05) is 178 Å². The molecule has 4 atom stereocenters. The fraction of sp³-hybridized carbons (Fsp3) is 0.574. The molecule has 22 heteroatoms. The number of aliphatic hydroxyl groups excluding tert-OH is 4. The number of aliphatic hydroxyl groups is 4. The minimum atomic E-state index is -0.911. The molecule has 0 amide bonds. The summed E-state index contributed by atoms with van der Waals surface area (Å²) in [6.07, 6.45) is -1.69. The minimum Gasteiger partial charge on any atom is -0.491 e. The fourth-order valence-corrected chi connectivity index (χ4v) is 10.9. The SMILES string of the molecule is CCCN(CC(O)COCCOCCOCCOCCOCCOCCOCCOCCOCCOCC(O)N(CCC)CC(O)COc1ccc2sc3ccccc3c(=O)c2c1)CC(O)COc1ccc2sc3ccccc3c(=O)c2c1. The molecule has 0 radical (unpaired) electrons. The normalized spacial score (nSPS) is 13.5. The number of hydrogen-bond donors (Lipinski definition) is 4. The summed E-state index contributed by atoms with van der Waals surface area (Å²) in [6, 6.07) is 25.9. The van der Waals surface area contributed by atoms with Gasteiger partial charge in [0.15, 0.2) is 10.9 Å². The average Bonchev–Trinajstić information content (AvgIpc) is 3.55. The van der Waals surface area contributed by atoms with Gasteiger partial charge in [0.05, 0.1) is 138 Å². The van der Waals surface area contributed by atoms with E-state index in [1.165, 1.54) is 0 Å². The van der Waals surface area contributed by atoms with Crippen LogP contribution in [0.5, 0.6) is 11.5 Å². The van der Waals surface area contributed by atoms with Gasteiger partial charge in [0.1, 0.15) is 43.1 Å². The Hall–Kier alpha value is -4.38. The van der Waals surface area contributed by atoms with Crippen molar-refractivity contribution in [2.24, 2.45) is 0 Å². The van der Waals surface area contributed by atoms with E-state index in [4.69, 9.17) is 56.8 Å². The van der Waals surface area contributed by atoms with Crippen LogP contribution in [0.3, 0.4) is 0 Å². The molecule has 460 valence electrons. The van der Waals surface area contributed by atoms with E-state index in [1.807, 2.05) is 85.5 Å². The molecule has 0 aliphatic carbocycles. The van der Waals surface area contributed by atoms with Crippen LogP contribution >= 0.6 is 22.7 Å². The van der Waals surface area contributed by atoms with Crippen molar-refractivity contribution >= 4 is 63.0 Å². The molecule has 0 fully saturated rings. The first-order valence-electron chi connectivity index (χ1n) is 28.8. The maximum atomic E-state index is 13.1. The second-order valence-electron chi connectivity index (χ2n) is 19.5. The number of nitrogens with zero attached hydrogens (tertiary/aromatic N) is 2. The molecule has 4 unspecified atom stereocenters. The summed E-state index contributed by atoms with van der Waals surface area (Å²) >= 11 is 3.11. The van der Waals surface area contributed by atoms with Gasteiger partial charge in [-0.05, 0) is 80.1 Å². The average molecular weight is 1200 g/mol. The molecule has 0 spiro atoms. The molecule has 2 heterocycles. The lowest BCUT2D eigenvalue weighted by Gasteiger charge is -2.29. The van der Waals surface area contributed by atoms with Gasteiger partial charge in [-0.15, -0.1) is 22.7 Å². The van der Waals surface area contributed by atoms with Gasteiger partial charge in [-0.2, -0.15) is 0 Å². The zero-order chi connectivity index (χ0) is 58.7. The molecule has 83 heavy (non-hydrogen) atoms. The van der Waals surface area contributed by atoms with E-state index < -0.39 is 24.5 Å². The Morgan fingerprint density at radius 1 is 0.386 bits per heavy atom. The van der Waals surface area contributed by atoms with Gasteiger partial charge >= 0.3 is 0 Å². The Bertz CT molecular complexity index is 2840. The highest BCUT2D eigenvalue weighted by atomic mass is 32.1. The molecular formula is C61H86N2O18S2. The predicted molar refractivity (Wildman–Crippen MR) is 323 cm³/mol. The van der Waals surface area contributed by atoms with E-state index >= 15 is 0 Å². The first-order valence-corrected chi connectivity index (χ1v) is 30.4. The highest BCUT2D eigenvalue weighted by molar-refractivity contribution is 7.24. The lowest BCUT2D eigenvalue weighted by molar-refractivity contribution is -0.0831. The summed E-state index contributed by atoms with van der Waals surface area (Å²) in [6.45, 7) is 13.8. The van der Waals surface area contributed by atoms with Crippen molar-refractivity contribution in [3.05, 3.63) is 105 Å². The molecule has 20 nitrogen and oxygen atoms in total. The Morgan fingerprint density at radius 3 is 1.12 bits per heavy atom. The topological polar surface area (TPSA) is 232 Å². The highest BCUT2D eigenvalue weighted by Crippen LogP contribution is 2.29. The van der Waals surface area contributed by atoms with Crippen molar-refractivity contribution in [1.82, 2.24) is 9.80 Å². The van der Waals surface area contributed by atoms with Crippen LogP contribution in [0.2, 0.25) is 0 Å². The van der Waals surface area contributed by atoms with Gasteiger partial charge in [-0.1, -0.05) is 38.1 Å². The van der Waals surface area contributed by atoms with Crippen molar-refractivity contribution in [2.45, 2.75) is 51.2 Å². The van der Waals surface area contributed by atoms with E-state index in [2.05, 4.69) is 0 Å². The molecule has 4 aromatic carbocycles.